The number of ketones is 1. The second-order valence-electron chi connectivity index (χ2n) is 6.08. The number of Topliss-reactive ketones (excluding diaryl/α,β-unsaturated/α-hetero) is 1. The second-order valence-corrected chi connectivity index (χ2v) is 6.08. The number of hydrogen-bond acceptors (Lipinski definition) is 4. The third kappa shape index (κ3) is 2.84. The predicted octanol–water partition coefficient (Wildman–Crippen LogP) is 3.24. The number of amidine groups is 1. The Morgan fingerprint density at radius 1 is 1.12 bits per heavy atom. The van der Waals surface area contributed by atoms with Crippen molar-refractivity contribution in [3.05, 3.63) is 71.1 Å². The van der Waals surface area contributed by atoms with Gasteiger partial charge in [0.2, 0.25) is 0 Å². The quantitative estimate of drug-likeness (QED) is 0.914. The fourth-order valence-corrected chi connectivity index (χ4v) is 3.26. The number of rotatable bonds is 2. The first kappa shape index (κ1) is 15.6. The fraction of sp³-hybridized carbons (Fsp3) is 0.211. The predicted molar refractivity (Wildman–Crippen MR) is 89.8 cm³/mol. The zero-order valence-corrected chi connectivity index (χ0v) is 13.3. The molecular formula is C19H15F2N3O. The zero-order chi connectivity index (χ0) is 17.4. The van der Waals surface area contributed by atoms with Gasteiger partial charge in [-0.1, -0.05) is 0 Å². The summed E-state index contributed by atoms with van der Waals surface area (Å²) in [7, 11) is 0. The van der Waals surface area contributed by atoms with Crippen LogP contribution >= 0.6 is 0 Å². The molecule has 1 aromatic carbocycles. The first-order chi connectivity index (χ1) is 12.1. The van der Waals surface area contributed by atoms with Crippen molar-refractivity contribution in [2.75, 3.05) is 0 Å². The Balaban J connectivity index is 1.89. The van der Waals surface area contributed by atoms with E-state index < -0.39 is 5.82 Å². The minimum absolute atomic E-state index is 0.0207. The van der Waals surface area contributed by atoms with E-state index in [9.17, 15) is 13.6 Å². The molecule has 0 saturated heterocycles. The number of aromatic nitrogens is 1. The number of halogens is 2. The first-order valence-electron chi connectivity index (χ1n) is 8.13. The number of benzene rings is 1. The van der Waals surface area contributed by atoms with Gasteiger partial charge in [-0.05, 0) is 49.2 Å². The van der Waals surface area contributed by atoms with Crippen molar-refractivity contribution in [1.82, 2.24) is 10.3 Å². The second kappa shape index (κ2) is 6.20. The molecule has 2 aliphatic rings. The molecule has 126 valence electrons. The minimum atomic E-state index is -0.488. The summed E-state index contributed by atoms with van der Waals surface area (Å²) in [5, 5.41) is 3.15. The smallest absolute Gasteiger partial charge is 0.163 e. The largest absolute Gasteiger partial charge is 0.361 e. The molecule has 1 saturated carbocycles. The summed E-state index contributed by atoms with van der Waals surface area (Å²) in [6.07, 6.45) is 3.46. The Hall–Kier alpha value is -2.89. The Labute approximate surface area is 143 Å². The highest BCUT2D eigenvalue weighted by Gasteiger charge is 2.34. The third-order valence-electron chi connectivity index (χ3n) is 4.44. The standard InChI is InChI=1S/C19H15F2N3O/c20-12-8-6-11(7-9-12)17-16-14(4-1-5-15(16)25)23-19(24-17)18-13(21)3-2-10-22-18/h2-3,6-10,14H,1,4-5H2,(H,23,24). The zero-order valence-electron chi connectivity index (χ0n) is 13.3. The Morgan fingerprint density at radius 3 is 2.68 bits per heavy atom. The highest BCUT2D eigenvalue weighted by molar-refractivity contribution is 6.11. The number of carbonyl (C=O) groups excluding carboxylic acids is 1. The van der Waals surface area contributed by atoms with E-state index in [2.05, 4.69) is 15.3 Å². The summed E-state index contributed by atoms with van der Waals surface area (Å²) in [6, 6.07) is 8.39. The summed E-state index contributed by atoms with van der Waals surface area (Å²) in [4.78, 5) is 21.0. The molecule has 0 radical (unpaired) electrons. The van der Waals surface area contributed by atoms with E-state index >= 15 is 0 Å². The van der Waals surface area contributed by atoms with E-state index in [1.54, 1.807) is 12.1 Å². The molecular weight excluding hydrogens is 324 g/mol. The van der Waals surface area contributed by atoms with Crippen molar-refractivity contribution >= 4 is 17.3 Å². The molecule has 1 aliphatic carbocycles. The van der Waals surface area contributed by atoms with Crippen LogP contribution in [0, 0.1) is 11.6 Å². The number of nitrogens with one attached hydrogen (secondary N) is 1. The van der Waals surface area contributed by atoms with Gasteiger partial charge in [-0.3, -0.25) is 4.79 Å². The minimum Gasteiger partial charge on any atom is -0.361 e. The first-order valence-corrected chi connectivity index (χ1v) is 8.13. The number of hydrogen-bond donors (Lipinski definition) is 1. The van der Waals surface area contributed by atoms with E-state index in [0.29, 0.717) is 29.1 Å². The molecule has 2 aromatic rings. The highest BCUT2D eigenvalue weighted by Crippen LogP contribution is 2.33. The van der Waals surface area contributed by atoms with Gasteiger partial charge in [-0.2, -0.15) is 0 Å². The van der Waals surface area contributed by atoms with Crippen LogP contribution in [-0.2, 0) is 4.79 Å². The van der Waals surface area contributed by atoms with Gasteiger partial charge >= 0.3 is 0 Å². The average Bonchev–Trinajstić information content (AvgIpc) is 2.62. The topological polar surface area (TPSA) is 54.4 Å². The molecule has 0 bridgehead atoms. The normalized spacial score (nSPS) is 20.0. The van der Waals surface area contributed by atoms with Crippen LogP contribution in [-0.4, -0.2) is 22.6 Å². The maximum atomic E-state index is 14.1. The highest BCUT2D eigenvalue weighted by atomic mass is 19.1. The van der Waals surface area contributed by atoms with E-state index in [1.165, 1.54) is 30.5 Å². The molecule has 25 heavy (non-hydrogen) atoms. The Kier molecular flexibility index (Phi) is 3.87. The summed E-state index contributed by atoms with van der Waals surface area (Å²) in [5.41, 5.74) is 1.79. The summed E-state index contributed by atoms with van der Waals surface area (Å²) in [6.45, 7) is 0. The van der Waals surface area contributed by atoms with Gasteiger partial charge in [0.05, 0.1) is 11.7 Å². The summed E-state index contributed by atoms with van der Waals surface area (Å²) < 4.78 is 27.4. The molecule has 0 amide bonds. The molecule has 1 atom stereocenters. The number of nitrogens with zero attached hydrogens (tertiary/aromatic N) is 2. The van der Waals surface area contributed by atoms with E-state index in [0.717, 1.165) is 12.8 Å². The van der Waals surface area contributed by atoms with Crippen LogP contribution in [0.1, 0.15) is 30.5 Å². The molecule has 1 unspecified atom stereocenters. The van der Waals surface area contributed by atoms with Crippen LogP contribution in [0.4, 0.5) is 8.78 Å². The maximum Gasteiger partial charge on any atom is 0.163 e. The van der Waals surface area contributed by atoms with Gasteiger partial charge in [-0.25, -0.2) is 18.8 Å². The lowest BCUT2D eigenvalue weighted by Crippen LogP contribution is -2.44. The van der Waals surface area contributed by atoms with Crippen LogP contribution in [0.3, 0.4) is 0 Å². The maximum absolute atomic E-state index is 14.1. The molecule has 1 aliphatic heterocycles. The fourth-order valence-electron chi connectivity index (χ4n) is 3.26. The Bertz CT molecular complexity index is 903. The number of fused-ring (bicyclic) bond motifs is 1. The van der Waals surface area contributed by atoms with Crippen LogP contribution in [0.25, 0.3) is 5.70 Å². The molecule has 1 aromatic heterocycles. The van der Waals surface area contributed by atoms with Gasteiger partial charge in [0.1, 0.15) is 11.5 Å². The summed E-state index contributed by atoms with van der Waals surface area (Å²) in [5.74, 6) is -0.541. The van der Waals surface area contributed by atoms with E-state index in [1.807, 2.05) is 0 Å². The average molecular weight is 339 g/mol. The van der Waals surface area contributed by atoms with Crippen LogP contribution < -0.4 is 5.32 Å². The van der Waals surface area contributed by atoms with Crippen molar-refractivity contribution in [2.45, 2.75) is 25.3 Å². The van der Waals surface area contributed by atoms with Crippen molar-refractivity contribution in [1.29, 1.82) is 0 Å². The van der Waals surface area contributed by atoms with Crippen LogP contribution in [0.5, 0.6) is 0 Å². The van der Waals surface area contributed by atoms with Gasteiger partial charge in [0, 0.05) is 23.8 Å². The lowest BCUT2D eigenvalue weighted by molar-refractivity contribution is -0.116. The molecule has 6 heteroatoms. The van der Waals surface area contributed by atoms with Crippen LogP contribution in [0.15, 0.2) is 53.2 Å². The van der Waals surface area contributed by atoms with E-state index in [-0.39, 0.29) is 23.3 Å². The number of aliphatic imine (C=N–C) groups is 1. The van der Waals surface area contributed by atoms with Gasteiger partial charge in [0.25, 0.3) is 0 Å². The van der Waals surface area contributed by atoms with Gasteiger partial charge in [-0.15, -0.1) is 0 Å². The Morgan fingerprint density at radius 2 is 1.92 bits per heavy atom. The van der Waals surface area contributed by atoms with Crippen molar-refractivity contribution < 1.29 is 13.6 Å². The van der Waals surface area contributed by atoms with Crippen molar-refractivity contribution in [3.63, 3.8) is 0 Å². The van der Waals surface area contributed by atoms with Gasteiger partial charge < -0.3 is 5.32 Å². The molecule has 4 nitrogen and oxygen atoms in total. The number of pyridine rings is 1. The molecule has 1 fully saturated rings. The molecule has 2 heterocycles. The lowest BCUT2D eigenvalue weighted by Gasteiger charge is -2.31. The monoisotopic (exact) mass is 339 g/mol. The van der Waals surface area contributed by atoms with Crippen LogP contribution in [0.2, 0.25) is 0 Å². The summed E-state index contributed by atoms with van der Waals surface area (Å²) >= 11 is 0. The van der Waals surface area contributed by atoms with Gasteiger partial charge in [0.15, 0.2) is 17.4 Å². The van der Waals surface area contributed by atoms with E-state index in [4.69, 9.17) is 0 Å². The third-order valence-corrected chi connectivity index (χ3v) is 4.44. The SMILES string of the molecule is O=C1CCCC2NC(c3ncccc3F)=NC(c3ccc(F)cc3)=C12. The number of carbonyl (C=O) groups is 1. The lowest BCUT2D eigenvalue weighted by atomic mass is 9.84. The molecule has 0 spiro atoms. The van der Waals surface area contributed by atoms with Crippen molar-refractivity contribution in [3.8, 4) is 0 Å². The van der Waals surface area contributed by atoms with Crippen molar-refractivity contribution in [2.24, 2.45) is 4.99 Å². The molecule has 1 N–H and O–H groups in total. The molecule has 4 rings (SSSR count).